The highest BCUT2D eigenvalue weighted by atomic mass is 32.2. The summed E-state index contributed by atoms with van der Waals surface area (Å²) < 4.78 is 34.9. The second-order valence-electron chi connectivity index (χ2n) is 10.9. The zero-order chi connectivity index (χ0) is 30.1. The molecule has 1 N–H and O–H groups in total. The maximum atomic E-state index is 14.3. The predicted octanol–water partition coefficient (Wildman–Crippen LogP) is 5.53. The third-order valence-electron chi connectivity index (χ3n) is 8.17. The molecule has 5 rings (SSSR count). The van der Waals surface area contributed by atoms with Crippen molar-refractivity contribution in [2.45, 2.75) is 30.9 Å². The van der Waals surface area contributed by atoms with Gasteiger partial charge in [-0.25, -0.2) is 0 Å². The Balaban J connectivity index is 1.45. The van der Waals surface area contributed by atoms with Crippen LogP contribution in [-0.2, 0) is 14.9 Å². The zero-order valence-corrected chi connectivity index (χ0v) is 26.9. The number of benzene rings is 4. The smallest absolute Gasteiger partial charge is 0.268 e. The van der Waals surface area contributed by atoms with Crippen molar-refractivity contribution >= 4 is 53.1 Å². The van der Waals surface area contributed by atoms with Crippen molar-refractivity contribution in [3.63, 3.8) is 0 Å². The summed E-state index contributed by atoms with van der Waals surface area (Å²) in [5.74, 6) is -0.863. The maximum Gasteiger partial charge on any atom is 0.268 e. The largest absolute Gasteiger partial charge is 0.342 e. The molecule has 0 bridgehead atoms. The molecule has 1 aliphatic carbocycles. The fourth-order valence-corrected chi connectivity index (χ4v) is 11.8. The molecular weight excluding hydrogens is 592 g/mol. The van der Waals surface area contributed by atoms with Gasteiger partial charge in [-0.15, -0.1) is 0 Å². The van der Waals surface area contributed by atoms with Gasteiger partial charge < -0.3 is 4.90 Å². The molecule has 1 aliphatic rings. The van der Waals surface area contributed by atoms with Crippen LogP contribution in [0.2, 0.25) is 0 Å². The van der Waals surface area contributed by atoms with Gasteiger partial charge in [-0.3, -0.25) is 9.35 Å². The number of hydrogen-bond acceptors (Lipinski definition) is 3. The lowest BCUT2D eigenvalue weighted by molar-refractivity contribution is -0.135. The summed E-state index contributed by atoms with van der Waals surface area (Å²) in [5.41, 5.74) is 0. The molecule has 1 saturated carbocycles. The first kappa shape index (κ1) is 31.5. The lowest BCUT2D eigenvalue weighted by atomic mass is 9.87. The van der Waals surface area contributed by atoms with Gasteiger partial charge in [0.2, 0.25) is 5.91 Å². The summed E-state index contributed by atoms with van der Waals surface area (Å²) in [4.78, 5) is 16.2. The summed E-state index contributed by atoms with van der Waals surface area (Å²) in [7, 11) is -5.79. The van der Waals surface area contributed by atoms with E-state index >= 15 is 0 Å². The van der Waals surface area contributed by atoms with E-state index in [1.165, 1.54) is 21.2 Å². The van der Waals surface area contributed by atoms with E-state index in [0.717, 1.165) is 18.7 Å². The molecule has 43 heavy (non-hydrogen) atoms. The van der Waals surface area contributed by atoms with E-state index in [1.807, 2.05) is 29.2 Å². The van der Waals surface area contributed by atoms with Crippen molar-refractivity contribution in [3.8, 4) is 0 Å². The molecule has 0 aliphatic heterocycles. The summed E-state index contributed by atoms with van der Waals surface area (Å²) >= 11 is 0. The van der Waals surface area contributed by atoms with Gasteiger partial charge in [0.15, 0.2) is 0 Å². The van der Waals surface area contributed by atoms with Gasteiger partial charge in [-0.05, 0) is 62.2 Å². The predicted molar refractivity (Wildman–Crippen MR) is 182 cm³/mol. The van der Waals surface area contributed by atoms with Gasteiger partial charge in [0, 0.05) is 13.1 Å². The Labute approximate surface area is 258 Å². The van der Waals surface area contributed by atoms with Crippen molar-refractivity contribution < 1.29 is 17.8 Å². The molecule has 2 atom stereocenters. The Bertz CT molecular complexity index is 1370. The summed E-state index contributed by atoms with van der Waals surface area (Å²) in [6.07, 6.45) is 3.84. The van der Waals surface area contributed by atoms with E-state index in [1.54, 1.807) is 0 Å². The van der Waals surface area contributed by atoms with Crippen LogP contribution in [0.25, 0.3) is 0 Å². The molecule has 8 heteroatoms. The van der Waals surface area contributed by atoms with Crippen LogP contribution in [0.15, 0.2) is 121 Å². The first-order valence-electron chi connectivity index (χ1n) is 14.9. The van der Waals surface area contributed by atoms with Crippen LogP contribution in [0.3, 0.4) is 0 Å². The Hall–Kier alpha value is -2.88. The standard InChI is InChI=1S/C35H39NO4P2S/c37-35(33-23-13-14-24-34(33)43(38,39)40)36(25-27-41(29-15-5-1-6-16-29)30-17-7-2-8-18-30)26-28-42(31-19-9-3-10-20-31)32-21-11-4-12-22-32/h1-12,15-22,33-34H,13-14,23-28H2,(H,38,39,40). The van der Waals surface area contributed by atoms with Gasteiger partial charge >= 0.3 is 0 Å². The number of rotatable bonds is 12. The van der Waals surface area contributed by atoms with Gasteiger partial charge in [-0.2, -0.15) is 8.42 Å². The van der Waals surface area contributed by atoms with E-state index < -0.39 is 37.1 Å². The third-order valence-corrected chi connectivity index (χ3v) is 14.5. The highest BCUT2D eigenvalue weighted by Gasteiger charge is 2.40. The molecule has 2 unspecified atom stereocenters. The Morgan fingerprint density at radius 3 is 1.33 bits per heavy atom. The summed E-state index contributed by atoms with van der Waals surface area (Å²) in [6, 6.07) is 41.8. The number of carbonyl (C=O) groups excluding carboxylic acids is 1. The van der Waals surface area contributed by atoms with Crippen LogP contribution in [0, 0.1) is 5.92 Å². The Kier molecular flexibility index (Phi) is 11.2. The number of hydrogen-bond donors (Lipinski definition) is 1. The minimum Gasteiger partial charge on any atom is -0.342 e. The van der Waals surface area contributed by atoms with Crippen LogP contribution >= 0.6 is 15.8 Å². The molecule has 0 heterocycles. The van der Waals surface area contributed by atoms with E-state index in [9.17, 15) is 17.8 Å². The van der Waals surface area contributed by atoms with Gasteiger partial charge in [0.1, 0.15) is 0 Å². The van der Waals surface area contributed by atoms with Gasteiger partial charge in [0.05, 0.1) is 11.2 Å². The van der Waals surface area contributed by atoms with E-state index in [4.69, 9.17) is 0 Å². The molecule has 0 saturated heterocycles. The van der Waals surface area contributed by atoms with Crippen LogP contribution in [0.1, 0.15) is 25.7 Å². The second kappa shape index (κ2) is 15.2. The molecular formula is C35H39NO4P2S. The summed E-state index contributed by atoms with van der Waals surface area (Å²) in [6.45, 7) is 1.05. The van der Waals surface area contributed by atoms with E-state index in [-0.39, 0.29) is 5.91 Å². The van der Waals surface area contributed by atoms with Crippen molar-refractivity contribution in [2.24, 2.45) is 5.92 Å². The molecule has 0 aromatic heterocycles. The van der Waals surface area contributed by atoms with Crippen LogP contribution < -0.4 is 21.2 Å². The average molecular weight is 632 g/mol. The SMILES string of the molecule is O=C(C1CCCCC1S(=O)(=O)O)N(CCP(c1ccccc1)c1ccccc1)CCP(c1ccccc1)c1ccccc1. The molecule has 0 radical (unpaired) electrons. The Morgan fingerprint density at radius 1 is 0.628 bits per heavy atom. The number of amides is 1. The minimum atomic E-state index is -4.33. The topological polar surface area (TPSA) is 74.7 Å². The van der Waals surface area contributed by atoms with Crippen LogP contribution in [0.4, 0.5) is 0 Å². The lowest BCUT2D eigenvalue weighted by Crippen LogP contribution is -2.47. The minimum absolute atomic E-state index is 0.144. The number of nitrogens with zero attached hydrogens (tertiary/aromatic N) is 1. The quantitative estimate of drug-likeness (QED) is 0.165. The normalized spacial score (nSPS) is 17.2. The summed E-state index contributed by atoms with van der Waals surface area (Å²) in [5, 5.41) is 3.97. The van der Waals surface area contributed by atoms with E-state index in [0.29, 0.717) is 32.4 Å². The van der Waals surface area contributed by atoms with Crippen LogP contribution in [0.5, 0.6) is 0 Å². The highest BCUT2D eigenvalue weighted by Crippen LogP contribution is 2.37. The molecule has 0 spiro atoms. The van der Waals surface area contributed by atoms with Crippen LogP contribution in [-0.4, -0.2) is 54.4 Å². The fourth-order valence-electron chi connectivity index (χ4n) is 5.99. The third kappa shape index (κ3) is 8.40. The Morgan fingerprint density at radius 2 is 0.977 bits per heavy atom. The highest BCUT2D eigenvalue weighted by molar-refractivity contribution is 7.86. The monoisotopic (exact) mass is 631 g/mol. The maximum absolute atomic E-state index is 14.3. The zero-order valence-electron chi connectivity index (χ0n) is 24.3. The van der Waals surface area contributed by atoms with Crippen molar-refractivity contribution in [3.05, 3.63) is 121 Å². The van der Waals surface area contributed by atoms with Gasteiger partial charge in [-0.1, -0.05) is 134 Å². The first-order valence-corrected chi connectivity index (χ1v) is 19.5. The lowest BCUT2D eigenvalue weighted by Gasteiger charge is -2.35. The molecule has 5 nitrogen and oxygen atoms in total. The van der Waals surface area contributed by atoms with Crippen molar-refractivity contribution in [1.82, 2.24) is 4.90 Å². The molecule has 1 fully saturated rings. The number of carbonyl (C=O) groups is 1. The molecule has 4 aromatic rings. The van der Waals surface area contributed by atoms with Gasteiger partial charge in [0.25, 0.3) is 10.1 Å². The van der Waals surface area contributed by atoms with E-state index in [2.05, 4.69) is 97.1 Å². The molecule has 1 amide bonds. The van der Waals surface area contributed by atoms with Crippen molar-refractivity contribution in [1.29, 1.82) is 0 Å². The molecule has 224 valence electrons. The fraction of sp³-hybridized carbons (Fsp3) is 0.286. The average Bonchev–Trinajstić information content (AvgIpc) is 3.05. The molecule has 4 aromatic carbocycles. The first-order chi connectivity index (χ1) is 20.9. The van der Waals surface area contributed by atoms with Crippen molar-refractivity contribution in [2.75, 3.05) is 25.4 Å². The second-order valence-corrected chi connectivity index (χ2v) is 17.2.